The summed E-state index contributed by atoms with van der Waals surface area (Å²) in [5, 5.41) is 0.215. The Morgan fingerprint density at radius 1 is 1.04 bits per heavy atom. The van der Waals surface area contributed by atoms with Crippen LogP contribution in [0.1, 0.15) is 34.5 Å². The van der Waals surface area contributed by atoms with Crippen LogP contribution in [0, 0.1) is 5.82 Å². The Balaban J connectivity index is 1.79. The number of halogens is 1. The maximum Gasteiger partial charge on any atom is 0.242 e. The Bertz CT molecular complexity index is 1060. The molecule has 0 unspecified atom stereocenters. The molecular formula is C20H13FN2O2S. The molecule has 0 saturated carbocycles. The van der Waals surface area contributed by atoms with E-state index in [4.69, 9.17) is 0 Å². The molecule has 0 radical (unpaired) electrons. The van der Waals surface area contributed by atoms with E-state index in [2.05, 4.69) is 4.99 Å². The maximum atomic E-state index is 14.7. The van der Waals surface area contributed by atoms with Crippen LogP contribution in [0.25, 0.3) is 5.70 Å². The number of rotatable bonds is 1. The van der Waals surface area contributed by atoms with Crippen molar-refractivity contribution >= 4 is 34.3 Å². The zero-order chi connectivity index (χ0) is 18.0. The van der Waals surface area contributed by atoms with Crippen LogP contribution in [0.3, 0.4) is 0 Å². The number of carbonyl (C=O) groups excluding carboxylic acids is 2. The smallest absolute Gasteiger partial charge is 0.242 e. The number of thioether (sulfide) groups is 1. The van der Waals surface area contributed by atoms with Crippen molar-refractivity contribution in [3.63, 3.8) is 0 Å². The number of aliphatic imine (C=N–C) groups is 1. The molecular weight excluding hydrogens is 351 g/mol. The average Bonchev–Trinajstić information content (AvgIpc) is 3.09. The Kier molecular flexibility index (Phi) is 3.21. The van der Waals surface area contributed by atoms with Gasteiger partial charge in [-0.1, -0.05) is 54.2 Å². The molecule has 128 valence electrons. The first kappa shape index (κ1) is 15.5. The highest BCUT2D eigenvalue weighted by molar-refractivity contribution is 8.15. The van der Waals surface area contributed by atoms with Crippen molar-refractivity contribution < 1.29 is 14.0 Å². The third-order valence-corrected chi connectivity index (χ3v) is 5.99. The zero-order valence-corrected chi connectivity index (χ0v) is 14.6. The summed E-state index contributed by atoms with van der Waals surface area (Å²) in [7, 11) is 0. The number of benzene rings is 2. The van der Waals surface area contributed by atoms with E-state index in [9.17, 15) is 14.0 Å². The Morgan fingerprint density at radius 3 is 2.50 bits per heavy atom. The highest BCUT2D eigenvalue weighted by atomic mass is 32.2. The summed E-state index contributed by atoms with van der Waals surface area (Å²) >= 11 is 1.35. The maximum absolute atomic E-state index is 14.7. The molecule has 3 aliphatic rings. The fourth-order valence-electron chi connectivity index (χ4n) is 3.75. The van der Waals surface area contributed by atoms with E-state index < -0.39 is 11.9 Å². The molecule has 0 bridgehead atoms. The van der Waals surface area contributed by atoms with Gasteiger partial charge in [0.25, 0.3) is 0 Å². The first-order valence-corrected chi connectivity index (χ1v) is 9.17. The second kappa shape index (κ2) is 5.38. The molecule has 0 spiro atoms. The number of nitrogens with zero attached hydrogens (tertiary/aromatic N) is 2. The van der Waals surface area contributed by atoms with Crippen LogP contribution in [0.4, 0.5) is 4.39 Å². The van der Waals surface area contributed by atoms with Gasteiger partial charge in [-0.05, 0) is 13.0 Å². The molecule has 2 aromatic rings. The van der Waals surface area contributed by atoms with E-state index in [-0.39, 0.29) is 16.9 Å². The summed E-state index contributed by atoms with van der Waals surface area (Å²) in [6.45, 7) is 1.80. The fraction of sp³-hybridized carbons (Fsp3) is 0.150. The molecule has 0 N–H and O–H groups in total. The summed E-state index contributed by atoms with van der Waals surface area (Å²) in [5.74, 6) is -0.784. The normalized spacial score (nSPS) is 23.8. The van der Waals surface area contributed by atoms with Gasteiger partial charge in [0.05, 0.1) is 22.6 Å². The molecule has 1 aliphatic carbocycles. The van der Waals surface area contributed by atoms with Crippen LogP contribution in [0.2, 0.25) is 0 Å². The van der Waals surface area contributed by atoms with Crippen LogP contribution >= 0.6 is 11.8 Å². The minimum atomic E-state index is -0.788. The first-order chi connectivity index (χ1) is 12.6. The van der Waals surface area contributed by atoms with Gasteiger partial charge in [-0.15, -0.1) is 0 Å². The van der Waals surface area contributed by atoms with Crippen LogP contribution in [-0.2, 0) is 4.79 Å². The topological polar surface area (TPSA) is 49.7 Å². The van der Waals surface area contributed by atoms with E-state index in [1.165, 1.54) is 22.7 Å². The highest BCUT2D eigenvalue weighted by Crippen LogP contribution is 2.49. The molecule has 1 saturated heterocycles. The monoisotopic (exact) mass is 364 g/mol. The van der Waals surface area contributed by atoms with Crippen molar-refractivity contribution in [1.82, 2.24) is 4.90 Å². The van der Waals surface area contributed by atoms with Crippen LogP contribution < -0.4 is 0 Å². The van der Waals surface area contributed by atoms with Gasteiger partial charge in [0.1, 0.15) is 5.82 Å². The number of fused-ring (bicyclic) bond motifs is 3. The molecule has 26 heavy (non-hydrogen) atoms. The van der Waals surface area contributed by atoms with Gasteiger partial charge in [-0.3, -0.25) is 14.5 Å². The fourth-order valence-corrected chi connectivity index (χ4v) is 4.73. The predicted octanol–water partition coefficient (Wildman–Crippen LogP) is 3.81. The van der Waals surface area contributed by atoms with Crippen LogP contribution in [0.5, 0.6) is 0 Å². The van der Waals surface area contributed by atoms with Crippen molar-refractivity contribution in [2.75, 3.05) is 0 Å². The lowest BCUT2D eigenvalue weighted by atomic mass is 9.92. The van der Waals surface area contributed by atoms with Gasteiger partial charge in [-0.25, -0.2) is 9.38 Å². The summed E-state index contributed by atoms with van der Waals surface area (Å²) in [6.07, 6.45) is 0. The molecule has 1 fully saturated rings. The lowest BCUT2D eigenvalue weighted by Gasteiger charge is -2.32. The van der Waals surface area contributed by atoms with Gasteiger partial charge in [0.2, 0.25) is 5.91 Å². The predicted molar refractivity (Wildman–Crippen MR) is 98.2 cm³/mol. The minimum Gasteiger partial charge on any atom is -0.289 e. The van der Waals surface area contributed by atoms with Crippen molar-refractivity contribution in [1.29, 1.82) is 0 Å². The van der Waals surface area contributed by atoms with E-state index in [1.54, 1.807) is 37.3 Å². The van der Waals surface area contributed by atoms with E-state index >= 15 is 0 Å². The van der Waals surface area contributed by atoms with Crippen molar-refractivity contribution in [3.8, 4) is 0 Å². The zero-order valence-electron chi connectivity index (χ0n) is 13.8. The number of carbonyl (C=O) groups is 2. The third kappa shape index (κ3) is 1.93. The number of amidine groups is 1. The second-order valence-electron chi connectivity index (χ2n) is 6.42. The van der Waals surface area contributed by atoms with Crippen molar-refractivity contribution in [2.45, 2.75) is 18.2 Å². The Morgan fingerprint density at radius 2 is 1.73 bits per heavy atom. The van der Waals surface area contributed by atoms with Gasteiger partial charge in [0.15, 0.2) is 11.0 Å². The van der Waals surface area contributed by atoms with Gasteiger partial charge in [-0.2, -0.15) is 0 Å². The lowest BCUT2D eigenvalue weighted by molar-refractivity contribution is -0.127. The summed E-state index contributed by atoms with van der Waals surface area (Å²) in [4.78, 5) is 32.0. The average molecular weight is 364 g/mol. The number of hydrogen-bond acceptors (Lipinski definition) is 4. The highest BCUT2D eigenvalue weighted by Gasteiger charge is 2.49. The van der Waals surface area contributed by atoms with E-state index in [0.29, 0.717) is 27.6 Å². The third-order valence-electron chi connectivity index (χ3n) is 4.94. The van der Waals surface area contributed by atoms with Crippen molar-refractivity contribution in [3.05, 3.63) is 76.6 Å². The molecule has 6 heteroatoms. The molecule has 1 amide bonds. The minimum absolute atomic E-state index is 0.155. The van der Waals surface area contributed by atoms with Crippen LogP contribution in [-0.4, -0.2) is 27.0 Å². The Labute approximate surface area is 153 Å². The molecule has 4 nitrogen and oxygen atoms in total. The molecule has 0 aromatic heterocycles. The first-order valence-electron chi connectivity index (χ1n) is 8.29. The summed E-state index contributed by atoms with van der Waals surface area (Å²) in [6, 6.07) is 12.7. The van der Waals surface area contributed by atoms with E-state index in [1.807, 2.05) is 12.1 Å². The van der Waals surface area contributed by atoms with Crippen molar-refractivity contribution in [2.24, 2.45) is 4.99 Å². The molecule has 2 heterocycles. The second-order valence-corrected chi connectivity index (χ2v) is 7.73. The standard InChI is InChI=1S/C20H13FN2O2S/c1-10-19(25)23-17(13-8-4-5-9-14(13)21)15-16(22-20(23)26-10)11-6-2-3-7-12(11)18(15)24/h2-10,17H,1H3/t10-,17-/m0/s1. The number of Topliss-reactive ketones (excluding diaryl/α,β-unsaturated/α-hetero) is 1. The summed E-state index contributed by atoms with van der Waals surface area (Å²) in [5.41, 5.74) is 2.54. The molecule has 2 aliphatic heterocycles. The molecule has 2 atom stereocenters. The molecule has 5 rings (SSSR count). The van der Waals surface area contributed by atoms with Gasteiger partial charge >= 0.3 is 0 Å². The molecule has 2 aromatic carbocycles. The van der Waals surface area contributed by atoms with E-state index in [0.717, 1.165) is 5.56 Å². The quantitative estimate of drug-likeness (QED) is 0.773. The van der Waals surface area contributed by atoms with Gasteiger partial charge in [0, 0.05) is 16.7 Å². The number of hydrogen-bond donors (Lipinski definition) is 0. The SMILES string of the molecule is C[C@@H]1SC2=NC3=C(C(=O)c4ccccc43)[C@H](c3ccccc3F)N2C1=O. The van der Waals surface area contributed by atoms with Crippen LogP contribution in [0.15, 0.2) is 59.1 Å². The van der Waals surface area contributed by atoms with Gasteiger partial charge < -0.3 is 0 Å². The lowest BCUT2D eigenvalue weighted by Crippen LogP contribution is -2.39. The largest absolute Gasteiger partial charge is 0.289 e. The number of ketones is 1. The number of amides is 1. The Hall–Kier alpha value is -2.73. The summed E-state index contributed by atoms with van der Waals surface area (Å²) < 4.78 is 14.7.